The third kappa shape index (κ3) is 3.12. The molecule has 2 aromatic heterocycles. The summed E-state index contributed by atoms with van der Waals surface area (Å²) in [4.78, 5) is 0. The molecule has 1 aromatic carbocycles. The first-order valence-corrected chi connectivity index (χ1v) is 8.01. The number of rotatable bonds is 4. The number of nitrogens with zero attached hydrogens (tertiary/aromatic N) is 4. The van der Waals surface area contributed by atoms with Gasteiger partial charge in [0.15, 0.2) is 11.5 Å². The van der Waals surface area contributed by atoms with Gasteiger partial charge in [-0.3, -0.25) is 0 Å². The topological polar surface area (TPSA) is 55.1 Å². The number of hydrogen-bond donors (Lipinski definition) is 1. The van der Waals surface area contributed by atoms with Crippen LogP contribution in [0.25, 0.3) is 5.65 Å². The molecule has 0 aliphatic rings. The van der Waals surface area contributed by atoms with Gasteiger partial charge in [0.25, 0.3) is 0 Å². The number of hydrogen-bond acceptors (Lipinski definition) is 4. The van der Waals surface area contributed by atoms with E-state index in [0.29, 0.717) is 16.6 Å². The molecule has 5 nitrogen and oxygen atoms in total. The molecule has 1 N–H and O–H groups in total. The van der Waals surface area contributed by atoms with Crippen LogP contribution in [0, 0.1) is 6.92 Å². The van der Waals surface area contributed by atoms with Gasteiger partial charge in [-0.05, 0) is 36.8 Å². The molecule has 0 aliphatic heterocycles. The summed E-state index contributed by atoms with van der Waals surface area (Å²) < 4.78 is 1.71. The molecular weight excluding hydrogens is 333 g/mol. The molecule has 0 fully saturated rings. The van der Waals surface area contributed by atoms with Gasteiger partial charge in [-0.15, -0.1) is 15.3 Å². The lowest BCUT2D eigenvalue weighted by Gasteiger charge is -2.28. The summed E-state index contributed by atoms with van der Waals surface area (Å²) in [5.41, 5.74) is 1.40. The van der Waals surface area contributed by atoms with Crippen molar-refractivity contribution >= 4 is 34.7 Å². The van der Waals surface area contributed by atoms with Crippen LogP contribution in [0.3, 0.4) is 0 Å². The summed E-state index contributed by atoms with van der Waals surface area (Å²) in [6.45, 7) is 6.69. The summed E-state index contributed by atoms with van der Waals surface area (Å²) in [6.07, 6.45) is 0. The number of benzene rings is 1. The Bertz CT molecular complexity index is 837. The van der Waals surface area contributed by atoms with Crippen molar-refractivity contribution < 1.29 is 0 Å². The van der Waals surface area contributed by atoms with E-state index in [4.69, 9.17) is 23.2 Å². The highest BCUT2D eigenvalue weighted by Crippen LogP contribution is 2.35. The van der Waals surface area contributed by atoms with Gasteiger partial charge in [0.1, 0.15) is 5.82 Å². The molecule has 2 heterocycles. The number of fused-ring (bicyclic) bond motifs is 1. The van der Waals surface area contributed by atoms with E-state index in [9.17, 15) is 0 Å². The van der Waals surface area contributed by atoms with E-state index in [2.05, 4.69) is 34.5 Å². The predicted molar refractivity (Wildman–Crippen MR) is 93.5 cm³/mol. The third-order valence-electron chi connectivity index (χ3n) is 3.77. The standard InChI is InChI=1S/C16H17Cl2N5/c1-10-20-21-14-8-7-13(22-23(10)14)19-9-16(2,3)15-11(17)5-4-6-12(15)18/h4-8H,9H2,1-3H3,(H,19,22). The lowest BCUT2D eigenvalue weighted by molar-refractivity contribution is 0.556. The Labute approximate surface area is 144 Å². The maximum atomic E-state index is 6.33. The summed E-state index contributed by atoms with van der Waals surface area (Å²) in [7, 11) is 0. The monoisotopic (exact) mass is 349 g/mol. The molecular formula is C16H17Cl2N5. The highest BCUT2D eigenvalue weighted by molar-refractivity contribution is 6.36. The first-order chi connectivity index (χ1) is 10.9. The molecule has 3 aromatic rings. The minimum atomic E-state index is -0.256. The molecule has 3 rings (SSSR count). The lowest BCUT2D eigenvalue weighted by atomic mass is 9.84. The highest BCUT2D eigenvalue weighted by atomic mass is 35.5. The smallest absolute Gasteiger partial charge is 0.178 e. The van der Waals surface area contributed by atoms with Crippen LogP contribution in [0.1, 0.15) is 25.2 Å². The number of halogens is 2. The molecule has 0 aliphatic carbocycles. The van der Waals surface area contributed by atoms with Crippen LogP contribution in [0.15, 0.2) is 30.3 Å². The van der Waals surface area contributed by atoms with Crippen molar-refractivity contribution in [1.82, 2.24) is 19.8 Å². The van der Waals surface area contributed by atoms with Gasteiger partial charge in [-0.1, -0.05) is 43.1 Å². The Morgan fingerprint density at radius 1 is 1.09 bits per heavy atom. The Morgan fingerprint density at radius 3 is 2.48 bits per heavy atom. The maximum absolute atomic E-state index is 6.33. The number of nitrogens with one attached hydrogen (secondary N) is 1. The molecule has 0 saturated heterocycles. The van der Waals surface area contributed by atoms with Crippen LogP contribution in [0.4, 0.5) is 5.82 Å². The third-order valence-corrected chi connectivity index (χ3v) is 4.40. The van der Waals surface area contributed by atoms with Crippen molar-refractivity contribution in [1.29, 1.82) is 0 Å². The predicted octanol–water partition coefficient (Wildman–Crippen LogP) is 4.13. The molecule has 0 saturated carbocycles. The molecule has 0 atom stereocenters. The molecule has 120 valence electrons. The van der Waals surface area contributed by atoms with Gasteiger partial charge in [-0.25, -0.2) is 0 Å². The zero-order chi connectivity index (χ0) is 16.6. The van der Waals surface area contributed by atoms with E-state index in [1.165, 1.54) is 0 Å². The maximum Gasteiger partial charge on any atom is 0.178 e. The van der Waals surface area contributed by atoms with Crippen LogP contribution in [0.5, 0.6) is 0 Å². The second-order valence-corrected chi connectivity index (χ2v) is 6.88. The van der Waals surface area contributed by atoms with E-state index in [1.807, 2.05) is 37.3 Å². The van der Waals surface area contributed by atoms with Crippen LogP contribution < -0.4 is 5.32 Å². The molecule has 7 heteroatoms. The van der Waals surface area contributed by atoms with E-state index in [0.717, 1.165) is 22.9 Å². The summed E-state index contributed by atoms with van der Waals surface area (Å²) in [6, 6.07) is 9.32. The van der Waals surface area contributed by atoms with Crippen molar-refractivity contribution in [3.05, 3.63) is 51.8 Å². The van der Waals surface area contributed by atoms with E-state index in [1.54, 1.807) is 4.52 Å². The Morgan fingerprint density at radius 2 is 1.78 bits per heavy atom. The van der Waals surface area contributed by atoms with Gasteiger partial charge >= 0.3 is 0 Å². The van der Waals surface area contributed by atoms with Crippen molar-refractivity contribution in [3.63, 3.8) is 0 Å². The largest absolute Gasteiger partial charge is 0.368 e. The molecule has 0 bridgehead atoms. The van der Waals surface area contributed by atoms with E-state index >= 15 is 0 Å². The first-order valence-electron chi connectivity index (χ1n) is 7.26. The molecule has 23 heavy (non-hydrogen) atoms. The average Bonchev–Trinajstić information content (AvgIpc) is 2.86. The average molecular weight is 350 g/mol. The van der Waals surface area contributed by atoms with Crippen LogP contribution in [-0.4, -0.2) is 26.4 Å². The first kappa shape index (κ1) is 16.0. The zero-order valence-corrected chi connectivity index (χ0v) is 14.7. The van der Waals surface area contributed by atoms with Gasteiger partial charge in [0.2, 0.25) is 0 Å². The fourth-order valence-corrected chi connectivity index (χ4v) is 3.44. The number of aromatic nitrogens is 4. The van der Waals surface area contributed by atoms with Crippen LogP contribution in [-0.2, 0) is 5.41 Å². The molecule has 0 unspecified atom stereocenters. The molecule has 0 amide bonds. The highest BCUT2D eigenvalue weighted by Gasteiger charge is 2.26. The van der Waals surface area contributed by atoms with E-state index < -0.39 is 0 Å². The Balaban J connectivity index is 1.84. The van der Waals surface area contributed by atoms with Crippen molar-refractivity contribution in [2.24, 2.45) is 0 Å². The van der Waals surface area contributed by atoms with Gasteiger partial charge < -0.3 is 5.32 Å². The lowest BCUT2D eigenvalue weighted by Crippen LogP contribution is -2.29. The molecule has 0 spiro atoms. The minimum Gasteiger partial charge on any atom is -0.368 e. The van der Waals surface area contributed by atoms with Gasteiger partial charge in [0.05, 0.1) is 0 Å². The summed E-state index contributed by atoms with van der Waals surface area (Å²) >= 11 is 12.7. The molecule has 0 radical (unpaired) electrons. The number of anilines is 1. The van der Waals surface area contributed by atoms with Crippen molar-refractivity contribution in [2.75, 3.05) is 11.9 Å². The normalized spacial score (nSPS) is 11.9. The van der Waals surface area contributed by atoms with Crippen LogP contribution in [0.2, 0.25) is 10.0 Å². The van der Waals surface area contributed by atoms with E-state index in [-0.39, 0.29) is 5.41 Å². The second kappa shape index (κ2) is 5.98. The fraction of sp³-hybridized carbons (Fsp3) is 0.312. The minimum absolute atomic E-state index is 0.256. The van der Waals surface area contributed by atoms with Gasteiger partial charge in [0, 0.05) is 22.0 Å². The SMILES string of the molecule is Cc1nnc2ccc(NCC(C)(C)c3c(Cl)cccc3Cl)nn12. The quantitative estimate of drug-likeness (QED) is 0.769. The Hall–Kier alpha value is -1.85. The fourth-order valence-electron chi connectivity index (χ4n) is 2.53. The van der Waals surface area contributed by atoms with Crippen LogP contribution >= 0.6 is 23.2 Å². The zero-order valence-electron chi connectivity index (χ0n) is 13.1. The van der Waals surface area contributed by atoms with Crippen molar-refractivity contribution in [3.8, 4) is 0 Å². The van der Waals surface area contributed by atoms with Crippen molar-refractivity contribution in [2.45, 2.75) is 26.2 Å². The number of aryl methyl sites for hydroxylation is 1. The summed E-state index contributed by atoms with van der Waals surface area (Å²) in [5.74, 6) is 1.49. The Kier molecular flexibility index (Phi) is 4.17. The van der Waals surface area contributed by atoms with Gasteiger partial charge in [-0.2, -0.15) is 4.52 Å². The summed E-state index contributed by atoms with van der Waals surface area (Å²) in [5, 5.41) is 17.2. The second-order valence-electron chi connectivity index (χ2n) is 6.07.